The van der Waals surface area contributed by atoms with Gasteiger partial charge in [0.2, 0.25) is 11.8 Å². The van der Waals surface area contributed by atoms with Crippen molar-refractivity contribution in [2.75, 3.05) is 23.4 Å². The maximum atomic E-state index is 12.3. The molecule has 158 valence electrons. The van der Waals surface area contributed by atoms with Crippen molar-refractivity contribution in [3.05, 3.63) is 59.9 Å². The van der Waals surface area contributed by atoms with Crippen molar-refractivity contribution < 1.29 is 18.7 Å². The predicted molar refractivity (Wildman–Crippen MR) is 121 cm³/mol. The molecule has 0 spiro atoms. The maximum absolute atomic E-state index is 12.3. The van der Waals surface area contributed by atoms with Crippen molar-refractivity contribution in [2.45, 2.75) is 26.8 Å². The molecule has 1 aromatic heterocycles. The van der Waals surface area contributed by atoms with E-state index in [1.165, 1.54) is 11.8 Å². The van der Waals surface area contributed by atoms with Crippen LogP contribution in [0.1, 0.15) is 31.2 Å². The second kappa shape index (κ2) is 10.2. The lowest BCUT2D eigenvalue weighted by atomic mass is 10.2. The largest absolute Gasteiger partial charge is 0.490 e. The Morgan fingerprint density at radius 2 is 1.87 bits per heavy atom. The third-order valence-electron chi connectivity index (χ3n) is 4.40. The summed E-state index contributed by atoms with van der Waals surface area (Å²) in [6.45, 7) is 6.31. The highest BCUT2D eigenvalue weighted by atomic mass is 32.2. The molecule has 1 heterocycles. The van der Waals surface area contributed by atoms with E-state index in [1.54, 1.807) is 0 Å². The number of aryl methyl sites for hydroxylation is 1. The maximum Gasteiger partial charge on any atom is 0.234 e. The van der Waals surface area contributed by atoms with Crippen molar-refractivity contribution >= 4 is 40.2 Å². The molecule has 1 unspecified atom stereocenters. The van der Waals surface area contributed by atoms with Gasteiger partial charge < -0.3 is 19.8 Å². The molecule has 1 atom stereocenters. The number of para-hydroxylation sites is 1. The van der Waals surface area contributed by atoms with Gasteiger partial charge in [-0.3, -0.25) is 9.59 Å². The van der Waals surface area contributed by atoms with Gasteiger partial charge in [0.1, 0.15) is 5.76 Å². The van der Waals surface area contributed by atoms with Gasteiger partial charge in [-0.15, -0.1) is 11.8 Å². The Kier molecular flexibility index (Phi) is 7.41. The Morgan fingerprint density at radius 3 is 2.63 bits per heavy atom. The molecule has 3 rings (SSSR count). The van der Waals surface area contributed by atoms with E-state index in [1.807, 2.05) is 69.3 Å². The van der Waals surface area contributed by atoms with Crippen molar-refractivity contribution in [1.82, 2.24) is 5.32 Å². The van der Waals surface area contributed by atoms with Crippen LogP contribution in [0, 0.1) is 6.92 Å². The van der Waals surface area contributed by atoms with Gasteiger partial charge in [-0.05, 0) is 50.6 Å². The molecule has 0 radical (unpaired) electrons. The molecule has 0 aliphatic rings. The number of thioether (sulfide) groups is 1. The fraction of sp³-hybridized carbons (Fsp3) is 0.304. The number of furan rings is 1. The number of fused-ring (bicyclic) bond motifs is 1. The lowest BCUT2D eigenvalue weighted by Gasteiger charge is -2.11. The van der Waals surface area contributed by atoms with Gasteiger partial charge in [0.05, 0.1) is 24.2 Å². The standard InChI is InChI=1S/C23H26N2O4S/c1-4-28-19-10-6-8-17-12-20(29-23(17)19)16(3)24-21(26)13-30-14-22(27)25-18-9-5-7-15(2)11-18/h5-12,16H,4,13-14H2,1-3H3,(H,24,26)(H,25,27). The van der Waals surface area contributed by atoms with Crippen molar-refractivity contribution in [1.29, 1.82) is 0 Å². The molecular weight excluding hydrogens is 400 g/mol. The van der Waals surface area contributed by atoms with E-state index in [9.17, 15) is 9.59 Å². The molecule has 0 aliphatic carbocycles. The zero-order chi connectivity index (χ0) is 21.5. The van der Waals surface area contributed by atoms with Crippen molar-refractivity contribution in [3.63, 3.8) is 0 Å². The molecular formula is C23H26N2O4S. The second-order valence-corrected chi connectivity index (χ2v) is 7.94. The fourth-order valence-electron chi connectivity index (χ4n) is 3.05. The van der Waals surface area contributed by atoms with Crippen molar-refractivity contribution in [2.24, 2.45) is 0 Å². The smallest absolute Gasteiger partial charge is 0.234 e. The average Bonchev–Trinajstić information content (AvgIpc) is 3.14. The molecule has 7 heteroatoms. The summed E-state index contributed by atoms with van der Waals surface area (Å²) >= 11 is 1.27. The quantitative estimate of drug-likeness (QED) is 0.519. The molecule has 6 nitrogen and oxygen atoms in total. The number of amides is 2. The molecule has 2 aromatic carbocycles. The number of hydrogen-bond donors (Lipinski definition) is 2. The first-order valence-electron chi connectivity index (χ1n) is 9.85. The molecule has 0 bridgehead atoms. The topological polar surface area (TPSA) is 80.6 Å². The number of carbonyl (C=O) groups excluding carboxylic acids is 2. The van der Waals surface area contributed by atoms with Gasteiger partial charge in [-0.1, -0.05) is 24.3 Å². The average molecular weight is 427 g/mol. The number of hydrogen-bond acceptors (Lipinski definition) is 5. The lowest BCUT2D eigenvalue weighted by Crippen LogP contribution is -2.28. The van der Waals surface area contributed by atoms with E-state index in [2.05, 4.69) is 10.6 Å². The van der Waals surface area contributed by atoms with Gasteiger partial charge in [0.15, 0.2) is 11.3 Å². The van der Waals surface area contributed by atoms with E-state index in [4.69, 9.17) is 9.15 Å². The first-order valence-corrected chi connectivity index (χ1v) is 11.0. The Morgan fingerprint density at radius 1 is 1.10 bits per heavy atom. The summed E-state index contributed by atoms with van der Waals surface area (Å²) in [6, 6.07) is 14.9. The molecule has 3 aromatic rings. The van der Waals surface area contributed by atoms with Crippen LogP contribution in [0.2, 0.25) is 0 Å². The van der Waals surface area contributed by atoms with Crippen LogP contribution < -0.4 is 15.4 Å². The van der Waals surface area contributed by atoms with Crippen LogP contribution in [0.5, 0.6) is 5.75 Å². The van der Waals surface area contributed by atoms with Gasteiger partial charge >= 0.3 is 0 Å². The first kappa shape index (κ1) is 21.8. The van der Waals surface area contributed by atoms with Crippen LogP contribution in [0.4, 0.5) is 5.69 Å². The summed E-state index contributed by atoms with van der Waals surface area (Å²) in [5.74, 6) is 1.46. The number of rotatable bonds is 9. The normalized spacial score (nSPS) is 11.8. The Balaban J connectivity index is 1.48. The van der Waals surface area contributed by atoms with Crippen LogP contribution in [0.15, 0.2) is 52.9 Å². The highest BCUT2D eigenvalue weighted by Gasteiger charge is 2.16. The number of carbonyl (C=O) groups is 2. The molecule has 0 saturated carbocycles. The zero-order valence-corrected chi connectivity index (χ0v) is 18.2. The fourth-order valence-corrected chi connectivity index (χ4v) is 3.68. The number of nitrogens with one attached hydrogen (secondary N) is 2. The highest BCUT2D eigenvalue weighted by molar-refractivity contribution is 8.00. The summed E-state index contributed by atoms with van der Waals surface area (Å²) in [6.07, 6.45) is 0. The third-order valence-corrected chi connectivity index (χ3v) is 5.33. The second-order valence-electron chi connectivity index (χ2n) is 6.96. The molecule has 30 heavy (non-hydrogen) atoms. The highest BCUT2D eigenvalue weighted by Crippen LogP contribution is 2.31. The van der Waals surface area contributed by atoms with Crippen LogP contribution in [0.25, 0.3) is 11.0 Å². The Bertz CT molecular complexity index is 1030. The van der Waals surface area contributed by atoms with Gasteiger partial charge in [0.25, 0.3) is 0 Å². The minimum Gasteiger partial charge on any atom is -0.490 e. The van der Waals surface area contributed by atoms with Crippen LogP contribution in [-0.4, -0.2) is 29.9 Å². The van der Waals surface area contributed by atoms with Gasteiger partial charge in [-0.25, -0.2) is 0 Å². The van der Waals surface area contributed by atoms with E-state index >= 15 is 0 Å². The van der Waals surface area contributed by atoms with Crippen LogP contribution in [-0.2, 0) is 9.59 Å². The Hall–Kier alpha value is -2.93. The number of ether oxygens (including phenoxy) is 1. The van der Waals surface area contributed by atoms with Gasteiger partial charge in [-0.2, -0.15) is 0 Å². The van der Waals surface area contributed by atoms with E-state index < -0.39 is 0 Å². The minimum absolute atomic E-state index is 0.132. The molecule has 0 fully saturated rings. The molecule has 0 aliphatic heterocycles. The third kappa shape index (κ3) is 5.79. The van der Waals surface area contributed by atoms with Crippen LogP contribution in [0.3, 0.4) is 0 Å². The first-order chi connectivity index (χ1) is 14.5. The SMILES string of the molecule is CCOc1cccc2cc(C(C)NC(=O)CSCC(=O)Nc3cccc(C)c3)oc12. The summed E-state index contributed by atoms with van der Waals surface area (Å²) in [5.41, 5.74) is 2.51. The molecule has 0 saturated heterocycles. The van der Waals surface area contributed by atoms with Crippen molar-refractivity contribution in [3.8, 4) is 5.75 Å². The summed E-state index contributed by atoms with van der Waals surface area (Å²) in [4.78, 5) is 24.3. The van der Waals surface area contributed by atoms with E-state index in [-0.39, 0.29) is 29.4 Å². The lowest BCUT2D eigenvalue weighted by molar-refractivity contribution is -0.119. The Labute approximate surface area is 180 Å². The monoisotopic (exact) mass is 426 g/mol. The van der Waals surface area contributed by atoms with E-state index in [0.29, 0.717) is 23.7 Å². The van der Waals surface area contributed by atoms with Crippen LogP contribution >= 0.6 is 11.8 Å². The molecule has 2 amide bonds. The number of benzene rings is 2. The van der Waals surface area contributed by atoms with E-state index in [0.717, 1.165) is 16.6 Å². The predicted octanol–water partition coefficient (Wildman–Crippen LogP) is 4.69. The minimum atomic E-state index is -0.291. The summed E-state index contributed by atoms with van der Waals surface area (Å²) in [7, 11) is 0. The summed E-state index contributed by atoms with van der Waals surface area (Å²) < 4.78 is 11.5. The molecule has 2 N–H and O–H groups in total. The summed E-state index contributed by atoms with van der Waals surface area (Å²) in [5, 5.41) is 6.68. The van der Waals surface area contributed by atoms with Gasteiger partial charge in [0, 0.05) is 11.1 Å². The number of anilines is 1. The zero-order valence-electron chi connectivity index (χ0n) is 17.4.